The third-order valence-electron chi connectivity index (χ3n) is 5.45. The summed E-state index contributed by atoms with van der Waals surface area (Å²) >= 11 is 6.55. The van der Waals surface area contributed by atoms with Crippen molar-refractivity contribution in [2.75, 3.05) is 43.4 Å². The fraction of sp³-hybridized carbons (Fsp3) is 0.286. The number of hydrogen-bond donors (Lipinski definition) is 2. The number of likely N-dealkylation sites (N-methyl/N-ethyl adjacent to an activating group) is 1. The Bertz CT molecular complexity index is 1100. The molecule has 148 valence electrons. The molecule has 1 aromatic carbocycles. The lowest BCUT2D eigenvalue weighted by molar-refractivity contribution is 0.312. The SMILES string of the molecule is Cc1[nH]nc2c1N=C(c1ccccc1Cl)c1nc(N3CCN(C)CC3)ccc1N2. The summed E-state index contributed by atoms with van der Waals surface area (Å²) < 4.78 is 0. The Morgan fingerprint density at radius 3 is 2.62 bits per heavy atom. The van der Waals surface area contributed by atoms with Gasteiger partial charge in [0, 0.05) is 31.7 Å². The second-order valence-electron chi connectivity index (χ2n) is 7.47. The molecule has 2 aliphatic rings. The van der Waals surface area contributed by atoms with Gasteiger partial charge in [0.15, 0.2) is 5.82 Å². The average molecular weight is 408 g/mol. The van der Waals surface area contributed by atoms with E-state index in [1.807, 2.05) is 31.2 Å². The molecule has 0 amide bonds. The Labute approximate surface area is 174 Å². The van der Waals surface area contributed by atoms with Crippen molar-refractivity contribution in [3.8, 4) is 0 Å². The van der Waals surface area contributed by atoms with E-state index >= 15 is 0 Å². The molecule has 2 N–H and O–H groups in total. The van der Waals surface area contributed by atoms with E-state index in [2.05, 4.69) is 44.5 Å². The minimum Gasteiger partial charge on any atom is -0.354 e. The number of piperazine rings is 1. The number of pyridine rings is 1. The summed E-state index contributed by atoms with van der Waals surface area (Å²) in [6.07, 6.45) is 0. The monoisotopic (exact) mass is 407 g/mol. The first-order valence-corrected chi connectivity index (χ1v) is 10.1. The van der Waals surface area contributed by atoms with E-state index in [0.717, 1.165) is 66.0 Å². The molecule has 29 heavy (non-hydrogen) atoms. The first-order valence-electron chi connectivity index (χ1n) is 9.70. The van der Waals surface area contributed by atoms with E-state index in [-0.39, 0.29) is 0 Å². The fourth-order valence-corrected chi connectivity index (χ4v) is 3.95. The molecule has 1 saturated heterocycles. The third-order valence-corrected chi connectivity index (χ3v) is 5.78. The van der Waals surface area contributed by atoms with E-state index < -0.39 is 0 Å². The largest absolute Gasteiger partial charge is 0.354 e. The fourth-order valence-electron chi connectivity index (χ4n) is 3.72. The van der Waals surface area contributed by atoms with Gasteiger partial charge in [0.05, 0.1) is 16.4 Å². The molecule has 0 spiro atoms. The number of benzene rings is 1. The highest BCUT2D eigenvalue weighted by atomic mass is 35.5. The van der Waals surface area contributed by atoms with Gasteiger partial charge < -0.3 is 15.1 Å². The molecular weight excluding hydrogens is 386 g/mol. The van der Waals surface area contributed by atoms with Gasteiger partial charge in [-0.25, -0.2) is 9.98 Å². The Balaban J connectivity index is 1.66. The van der Waals surface area contributed by atoms with Crippen LogP contribution in [0.15, 0.2) is 41.4 Å². The lowest BCUT2D eigenvalue weighted by atomic mass is 10.0. The van der Waals surface area contributed by atoms with Gasteiger partial charge in [-0.1, -0.05) is 29.8 Å². The van der Waals surface area contributed by atoms with Gasteiger partial charge in [-0.15, -0.1) is 0 Å². The van der Waals surface area contributed by atoms with Crippen molar-refractivity contribution in [2.24, 2.45) is 4.99 Å². The zero-order valence-corrected chi connectivity index (χ0v) is 17.2. The van der Waals surface area contributed by atoms with Crippen LogP contribution in [0.25, 0.3) is 0 Å². The summed E-state index contributed by atoms with van der Waals surface area (Å²) in [5, 5.41) is 11.4. The predicted molar refractivity (Wildman–Crippen MR) is 117 cm³/mol. The van der Waals surface area contributed by atoms with Crippen molar-refractivity contribution in [1.82, 2.24) is 20.1 Å². The minimum atomic E-state index is 0.647. The van der Waals surface area contributed by atoms with E-state index in [0.29, 0.717) is 10.8 Å². The number of rotatable bonds is 2. The Hall–Kier alpha value is -2.90. The number of nitrogens with one attached hydrogen (secondary N) is 2. The first-order chi connectivity index (χ1) is 14.1. The number of nitrogens with zero attached hydrogens (tertiary/aromatic N) is 5. The van der Waals surface area contributed by atoms with Crippen molar-refractivity contribution >= 4 is 40.3 Å². The quantitative estimate of drug-likeness (QED) is 0.529. The van der Waals surface area contributed by atoms with Crippen molar-refractivity contribution in [1.29, 1.82) is 0 Å². The van der Waals surface area contributed by atoms with E-state index in [1.54, 1.807) is 0 Å². The van der Waals surface area contributed by atoms with Crippen LogP contribution in [0.4, 0.5) is 23.0 Å². The number of anilines is 3. The summed E-state index contributed by atoms with van der Waals surface area (Å²) in [5.41, 5.74) is 4.92. The van der Waals surface area contributed by atoms with Gasteiger partial charge in [-0.05, 0) is 32.2 Å². The third kappa shape index (κ3) is 3.26. The topological polar surface area (TPSA) is 72.4 Å². The van der Waals surface area contributed by atoms with E-state index in [4.69, 9.17) is 21.6 Å². The van der Waals surface area contributed by atoms with Crippen LogP contribution in [0, 0.1) is 6.92 Å². The van der Waals surface area contributed by atoms with Crippen LogP contribution in [0.3, 0.4) is 0 Å². The number of aliphatic imine (C=N–C) groups is 1. The molecule has 0 radical (unpaired) electrons. The molecule has 0 unspecified atom stereocenters. The van der Waals surface area contributed by atoms with Gasteiger partial charge in [-0.3, -0.25) is 5.10 Å². The van der Waals surface area contributed by atoms with Crippen LogP contribution < -0.4 is 10.2 Å². The van der Waals surface area contributed by atoms with Crippen LogP contribution in [0.1, 0.15) is 17.0 Å². The number of aromatic amines is 1. The highest BCUT2D eigenvalue weighted by molar-refractivity contribution is 6.36. The average Bonchev–Trinajstić information content (AvgIpc) is 2.98. The molecule has 1 fully saturated rings. The van der Waals surface area contributed by atoms with Gasteiger partial charge >= 0.3 is 0 Å². The van der Waals surface area contributed by atoms with Crippen LogP contribution in [-0.4, -0.2) is 59.0 Å². The number of halogens is 1. The number of aromatic nitrogens is 3. The number of fused-ring (bicyclic) bond motifs is 2. The second kappa shape index (κ2) is 7.17. The Morgan fingerprint density at radius 1 is 1.03 bits per heavy atom. The zero-order valence-electron chi connectivity index (χ0n) is 16.4. The summed E-state index contributed by atoms with van der Waals surface area (Å²) in [6, 6.07) is 11.9. The molecule has 0 atom stereocenters. The normalized spacial score (nSPS) is 16.5. The standard InChI is InChI=1S/C21H22ClN7/c1-13-18-21(27-26-13)23-16-7-8-17(29-11-9-28(2)10-12-29)24-20(16)19(25-18)14-5-3-4-6-15(14)22/h3-8H,9-12H2,1-2H3,(H2,23,26,27). The summed E-state index contributed by atoms with van der Waals surface area (Å²) in [4.78, 5) is 14.6. The van der Waals surface area contributed by atoms with Gasteiger partial charge in [-0.2, -0.15) is 5.10 Å². The minimum absolute atomic E-state index is 0.647. The first kappa shape index (κ1) is 18.1. The molecule has 0 bridgehead atoms. The van der Waals surface area contributed by atoms with Crippen LogP contribution >= 0.6 is 11.6 Å². The smallest absolute Gasteiger partial charge is 0.178 e. The molecule has 7 nitrogen and oxygen atoms in total. The molecule has 2 aromatic heterocycles. The maximum absolute atomic E-state index is 6.55. The van der Waals surface area contributed by atoms with Crippen molar-refractivity contribution in [2.45, 2.75) is 6.92 Å². The second-order valence-corrected chi connectivity index (χ2v) is 7.87. The Kier molecular flexibility index (Phi) is 4.49. The van der Waals surface area contributed by atoms with Crippen LogP contribution in [0.5, 0.6) is 0 Å². The van der Waals surface area contributed by atoms with E-state index in [1.165, 1.54) is 0 Å². The summed E-state index contributed by atoms with van der Waals surface area (Å²) in [5.74, 6) is 1.65. The predicted octanol–water partition coefficient (Wildman–Crippen LogP) is 3.74. The van der Waals surface area contributed by atoms with Gasteiger partial charge in [0.2, 0.25) is 0 Å². The van der Waals surface area contributed by atoms with Gasteiger partial charge in [0.25, 0.3) is 0 Å². The molecule has 5 rings (SSSR count). The highest BCUT2D eigenvalue weighted by Crippen LogP contribution is 2.37. The molecule has 8 heteroatoms. The zero-order chi connectivity index (χ0) is 20.0. The maximum atomic E-state index is 6.55. The van der Waals surface area contributed by atoms with Crippen molar-refractivity contribution in [3.63, 3.8) is 0 Å². The maximum Gasteiger partial charge on any atom is 0.178 e. The number of hydrogen-bond acceptors (Lipinski definition) is 6. The summed E-state index contributed by atoms with van der Waals surface area (Å²) in [7, 11) is 2.15. The lowest BCUT2D eigenvalue weighted by Gasteiger charge is -2.33. The number of aryl methyl sites for hydroxylation is 1. The summed E-state index contributed by atoms with van der Waals surface area (Å²) in [6.45, 7) is 5.92. The van der Waals surface area contributed by atoms with Crippen molar-refractivity contribution in [3.05, 3.63) is 58.4 Å². The molecule has 2 aliphatic heterocycles. The lowest BCUT2D eigenvalue weighted by Crippen LogP contribution is -2.44. The highest BCUT2D eigenvalue weighted by Gasteiger charge is 2.25. The molecular formula is C21H22ClN7. The molecule has 3 aromatic rings. The molecule has 0 saturated carbocycles. The van der Waals surface area contributed by atoms with Crippen LogP contribution in [-0.2, 0) is 0 Å². The van der Waals surface area contributed by atoms with E-state index in [9.17, 15) is 0 Å². The van der Waals surface area contributed by atoms with Crippen LogP contribution in [0.2, 0.25) is 5.02 Å². The molecule has 0 aliphatic carbocycles. The molecule has 4 heterocycles. The Morgan fingerprint density at radius 2 is 1.83 bits per heavy atom. The number of H-pyrrole nitrogens is 1. The van der Waals surface area contributed by atoms with Crippen molar-refractivity contribution < 1.29 is 0 Å². The van der Waals surface area contributed by atoms with Gasteiger partial charge in [0.1, 0.15) is 22.9 Å².